The number of rotatable bonds is 6. The lowest BCUT2D eigenvalue weighted by molar-refractivity contribution is 0.415. The minimum Gasteiger partial charge on any atom is -0.497 e. The van der Waals surface area contributed by atoms with Crippen molar-refractivity contribution in [1.82, 2.24) is 10.7 Å². The Morgan fingerprint density at radius 1 is 1.33 bits per heavy atom. The Morgan fingerprint density at radius 3 is 2.57 bits per heavy atom. The molecular formula is C16H23N3OS. The van der Waals surface area contributed by atoms with Gasteiger partial charge in [-0.05, 0) is 48.8 Å². The van der Waals surface area contributed by atoms with Crippen molar-refractivity contribution in [2.24, 2.45) is 11.0 Å². The van der Waals surface area contributed by atoms with E-state index in [1.54, 1.807) is 7.11 Å². The summed E-state index contributed by atoms with van der Waals surface area (Å²) < 4.78 is 5.12. The Kier molecular flexibility index (Phi) is 7.46. The van der Waals surface area contributed by atoms with Crippen LogP contribution in [0.3, 0.4) is 0 Å². The fourth-order valence-electron chi connectivity index (χ4n) is 1.44. The van der Waals surface area contributed by atoms with E-state index in [2.05, 4.69) is 29.7 Å². The lowest BCUT2D eigenvalue weighted by atomic mass is 10.2. The molecule has 0 radical (unpaired) electrons. The molecule has 2 N–H and O–H groups in total. The molecular weight excluding hydrogens is 282 g/mol. The van der Waals surface area contributed by atoms with Crippen LogP contribution in [0, 0.1) is 5.92 Å². The zero-order valence-corrected chi connectivity index (χ0v) is 13.8. The predicted octanol–water partition coefficient (Wildman–Crippen LogP) is 3.20. The van der Waals surface area contributed by atoms with Crippen molar-refractivity contribution < 1.29 is 4.74 Å². The molecule has 0 aliphatic rings. The average Bonchev–Trinajstić information content (AvgIpc) is 2.49. The maximum absolute atomic E-state index is 5.13. The quantitative estimate of drug-likeness (QED) is 0.481. The van der Waals surface area contributed by atoms with E-state index in [0.29, 0.717) is 11.0 Å². The van der Waals surface area contributed by atoms with Gasteiger partial charge in [-0.1, -0.05) is 32.1 Å². The van der Waals surface area contributed by atoms with Crippen LogP contribution in [-0.2, 0) is 0 Å². The zero-order chi connectivity index (χ0) is 15.7. The number of hydrogen-bond donors (Lipinski definition) is 2. The molecule has 114 valence electrons. The van der Waals surface area contributed by atoms with Crippen molar-refractivity contribution in [2.45, 2.75) is 20.8 Å². The first-order chi connectivity index (χ1) is 10.0. The monoisotopic (exact) mass is 305 g/mol. The summed E-state index contributed by atoms with van der Waals surface area (Å²) >= 11 is 5.13. The van der Waals surface area contributed by atoms with E-state index in [4.69, 9.17) is 17.0 Å². The predicted molar refractivity (Wildman–Crippen MR) is 93.7 cm³/mol. The summed E-state index contributed by atoms with van der Waals surface area (Å²) in [7, 11) is 1.66. The van der Waals surface area contributed by atoms with Gasteiger partial charge >= 0.3 is 0 Å². The van der Waals surface area contributed by atoms with Crippen LogP contribution in [0.15, 0.2) is 35.4 Å². The maximum atomic E-state index is 5.13. The molecule has 4 nitrogen and oxygen atoms in total. The molecule has 0 amide bonds. The van der Waals surface area contributed by atoms with Crippen LogP contribution in [0.25, 0.3) is 6.08 Å². The molecule has 0 bridgehead atoms. The molecule has 0 atom stereocenters. The van der Waals surface area contributed by atoms with E-state index in [1.165, 1.54) is 0 Å². The number of nitrogens with zero attached hydrogens (tertiary/aromatic N) is 1. The van der Waals surface area contributed by atoms with Crippen LogP contribution in [0.1, 0.15) is 26.3 Å². The van der Waals surface area contributed by atoms with Gasteiger partial charge in [-0.15, -0.1) is 0 Å². The maximum Gasteiger partial charge on any atom is 0.186 e. The normalized spacial score (nSPS) is 11.8. The Hall–Kier alpha value is -1.88. The van der Waals surface area contributed by atoms with E-state index in [0.717, 1.165) is 23.6 Å². The van der Waals surface area contributed by atoms with Crippen LogP contribution in [-0.4, -0.2) is 24.5 Å². The Labute approximate surface area is 132 Å². The number of allylic oxidation sites excluding steroid dienone is 1. The van der Waals surface area contributed by atoms with E-state index < -0.39 is 0 Å². The third kappa shape index (κ3) is 7.46. The smallest absolute Gasteiger partial charge is 0.186 e. The summed E-state index contributed by atoms with van der Waals surface area (Å²) in [5.41, 5.74) is 4.76. The van der Waals surface area contributed by atoms with E-state index in [9.17, 15) is 0 Å². The fourth-order valence-corrected chi connectivity index (χ4v) is 1.57. The first-order valence-corrected chi connectivity index (χ1v) is 7.32. The third-order valence-corrected chi connectivity index (χ3v) is 2.87. The second-order valence-electron chi connectivity index (χ2n) is 5.08. The van der Waals surface area contributed by atoms with Gasteiger partial charge in [0.25, 0.3) is 0 Å². The number of nitrogens with one attached hydrogen (secondary N) is 2. The molecule has 5 heteroatoms. The minimum atomic E-state index is 0.542. The highest BCUT2D eigenvalue weighted by molar-refractivity contribution is 7.80. The highest BCUT2D eigenvalue weighted by Crippen LogP contribution is 2.12. The average molecular weight is 305 g/mol. The molecule has 0 aliphatic heterocycles. The molecule has 21 heavy (non-hydrogen) atoms. The topological polar surface area (TPSA) is 45.6 Å². The number of thiocarbonyl (C=S) groups is 1. The Balaban J connectivity index is 2.47. The van der Waals surface area contributed by atoms with Gasteiger partial charge in [-0.25, -0.2) is 0 Å². The molecule has 0 unspecified atom stereocenters. The van der Waals surface area contributed by atoms with Crippen molar-refractivity contribution in [3.63, 3.8) is 0 Å². The lowest BCUT2D eigenvalue weighted by Gasteiger charge is -2.09. The minimum absolute atomic E-state index is 0.542. The number of methoxy groups -OCH3 is 1. The molecule has 0 saturated carbocycles. The fraction of sp³-hybridized carbons (Fsp3) is 0.375. The highest BCUT2D eigenvalue weighted by atomic mass is 32.1. The van der Waals surface area contributed by atoms with Gasteiger partial charge in [-0.3, -0.25) is 5.43 Å². The first-order valence-electron chi connectivity index (χ1n) is 6.91. The molecule has 0 aromatic heterocycles. The summed E-state index contributed by atoms with van der Waals surface area (Å²) in [6.07, 6.45) is 3.92. The molecule has 0 spiro atoms. The van der Waals surface area contributed by atoms with Gasteiger partial charge < -0.3 is 10.1 Å². The van der Waals surface area contributed by atoms with Gasteiger partial charge in [-0.2, -0.15) is 5.10 Å². The number of hydrogen-bond acceptors (Lipinski definition) is 3. The summed E-state index contributed by atoms with van der Waals surface area (Å²) in [6, 6.07) is 7.83. The van der Waals surface area contributed by atoms with Gasteiger partial charge in [0.2, 0.25) is 0 Å². The van der Waals surface area contributed by atoms with Crippen molar-refractivity contribution in [3.8, 4) is 5.75 Å². The highest BCUT2D eigenvalue weighted by Gasteiger charge is 1.96. The van der Waals surface area contributed by atoms with Crippen molar-refractivity contribution in [3.05, 3.63) is 35.9 Å². The number of ether oxygens (including phenoxy) is 1. The van der Waals surface area contributed by atoms with Gasteiger partial charge in [0, 0.05) is 6.54 Å². The molecule has 1 aromatic rings. The van der Waals surface area contributed by atoms with E-state index >= 15 is 0 Å². The standard InChI is InChI=1S/C16H23N3OS/c1-12(2)11-17-16(21)19-18-13(3)5-6-14-7-9-15(20-4)10-8-14/h5-10,12H,11H2,1-4H3,(H2,17,19,21). The summed E-state index contributed by atoms with van der Waals surface area (Å²) in [5, 5.41) is 7.84. The van der Waals surface area contributed by atoms with Gasteiger partial charge in [0.15, 0.2) is 5.11 Å². The molecule has 0 saturated heterocycles. The summed E-state index contributed by atoms with van der Waals surface area (Å²) in [5.74, 6) is 1.39. The van der Waals surface area contributed by atoms with Crippen LogP contribution in [0.4, 0.5) is 0 Å². The molecule has 0 fully saturated rings. The van der Waals surface area contributed by atoms with Crippen molar-refractivity contribution in [1.29, 1.82) is 0 Å². The SMILES string of the molecule is COc1ccc(C=CC(C)=NNC(=S)NCC(C)C)cc1. The summed E-state index contributed by atoms with van der Waals surface area (Å²) in [4.78, 5) is 0. The molecule has 0 heterocycles. The largest absolute Gasteiger partial charge is 0.497 e. The van der Waals surface area contributed by atoms with Gasteiger partial charge in [0.1, 0.15) is 5.75 Å². The number of benzene rings is 1. The Morgan fingerprint density at radius 2 is 2.00 bits per heavy atom. The van der Waals surface area contributed by atoms with Crippen LogP contribution in [0.2, 0.25) is 0 Å². The van der Waals surface area contributed by atoms with Crippen LogP contribution < -0.4 is 15.5 Å². The zero-order valence-electron chi connectivity index (χ0n) is 13.0. The van der Waals surface area contributed by atoms with Crippen molar-refractivity contribution >= 4 is 29.1 Å². The van der Waals surface area contributed by atoms with Gasteiger partial charge in [0.05, 0.1) is 12.8 Å². The summed E-state index contributed by atoms with van der Waals surface area (Å²) in [6.45, 7) is 7.00. The van der Waals surface area contributed by atoms with Crippen molar-refractivity contribution in [2.75, 3.05) is 13.7 Å². The second-order valence-corrected chi connectivity index (χ2v) is 5.48. The molecule has 1 aromatic carbocycles. The van der Waals surface area contributed by atoms with Crippen LogP contribution in [0.5, 0.6) is 5.75 Å². The number of hydrazone groups is 1. The lowest BCUT2D eigenvalue weighted by Crippen LogP contribution is -2.34. The van der Waals surface area contributed by atoms with E-state index in [-0.39, 0.29) is 0 Å². The van der Waals surface area contributed by atoms with Crippen LogP contribution >= 0.6 is 12.2 Å². The van der Waals surface area contributed by atoms with E-state index in [1.807, 2.05) is 43.3 Å². The first kappa shape index (κ1) is 17.2. The second kappa shape index (κ2) is 9.13. The molecule has 1 rings (SSSR count). The Bertz CT molecular complexity index is 507. The molecule has 0 aliphatic carbocycles. The third-order valence-electron chi connectivity index (χ3n) is 2.64.